The topological polar surface area (TPSA) is 87.0 Å². The zero-order valence-corrected chi connectivity index (χ0v) is 15.2. The molecule has 1 fully saturated rings. The van der Waals surface area contributed by atoms with E-state index in [4.69, 9.17) is 0 Å². The van der Waals surface area contributed by atoms with Crippen molar-refractivity contribution < 1.29 is 14.4 Å². The number of imidazole rings is 1. The molecule has 0 aliphatic carbocycles. The summed E-state index contributed by atoms with van der Waals surface area (Å²) in [4.78, 5) is 44.2. The van der Waals surface area contributed by atoms with Gasteiger partial charge in [0.1, 0.15) is 11.3 Å². The molecule has 8 heteroatoms. The lowest BCUT2D eigenvalue weighted by molar-refractivity contribution is -0.147. The molecular weight excluding hydrogens is 334 g/mol. The van der Waals surface area contributed by atoms with Gasteiger partial charge in [-0.3, -0.25) is 14.4 Å². The Balaban J connectivity index is 1.64. The third-order valence-electron chi connectivity index (χ3n) is 4.38. The molecule has 0 bridgehead atoms. The predicted molar refractivity (Wildman–Crippen MR) is 95.7 cm³/mol. The number of pyridine rings is 1. The van der Waals surface area contributed by atoms with E-state index < -0.39 is 11.8 Å². The van der Waals surface area contributed by atoms with Gasteiger partial charge in [-0.25, -0.2) is 4.98 Å². The predicted octanol–water partition coefficient (Wildman–Crippen LogP) is 0.452. The average molecular weight is 357 g/mol. The molecule has 26 heavy (non-hydrogen) atoms. The highest BCUT2D eigenvalue weighted by molar-refractivity contribution is 6.35. The maximum atomic E-state index is 12.7. The van der Waals surface area contributed by atoms with Crippen molar-refractivity contribution in [2.24, 2.45) is 0 Å². The van der Waals surface area contributed by atoms with E-state index in [-0.39, 0.29) is 11.9 Å². The Hall–Kier alpha value is -2.90. The van der Waals surface area contributed by atoms with Crippen molar-refractivity contribution in [1.82, 2.24) is 24.5 Å². The molecule has 2 aromatic rings. The Bertz CT molecular complexity index is 850. The fourth-order valence-electron chi connectivity index (χ4n) is 2.99. The number of aryl methyl sites for hydroxylation is 1. The molecule has 3 heterocycles. The maximum absolute atomic E-state index is 12.7. The van der Waals surface area contributed by atoms with Crippen molar-refractivity contribution in [2.45, 2.75) is 26.8 Å². The monoisotopic (exact) mass is 357 g/mol. The van der Waals surface area contributed by atoms with Crippen LogP contribution in [0.15, 0.2) is 24.4 Å². The molecule has 0 atom stereocenters. The number of hydrogen-bond donors (Lipinski definition) is 1. The molecule has 0 spiro atoms. The lowest BCUT2D eigenvalue weighted by Gasteiger charge is -2.34. The molecule has 1 aliphatic rings. The summed E-state index contributed by atoms with van der Waals surface area (Å²) in [6, 6.07) is 5.62. The molecule has 3 rings (SSSR count). The van der Waals surface area contributed by atoms with Crippen LogP contribution in [0.1, 0.15) is 30.0 Å². The number of rotatable bonds is 2. The molecule has 8 nitrogen and oxygen atoms in total. The van der Waals surface area contributed by atoms with Crippen LogP contribution in [0.5, 0.6) is 0 Å². The van der Waals surface area contributed by atoms with Crippen LogP contribution in [0.25, 0.3) is 5.65 Å². The Morgan fingerprint density at radius 2 is 1.73 bits per heavy atom. The first-order chi connectivity index (χ1) is 12.4. The first kappa shape index (κ1) is 17.9. The van der Waals surface area contributed by atoms with Crippen LogP contribution in [0.2, 0.25) is 0 Å². The van der Waals surface area contributed by atoms with Crippen molar-refractivity contribution in [2.75, 3.05) is 26.2 Å². The van der Waals surface area contributed by atoms with Crippen molar-refractivity contribution >= 4 is 23.4 Å². The quantitative estimate of drug-likeness (QED) is 0.791. The van der Waals surface area contributed by atoms with E-state index in [1.165, 1.54) is 4.90 Å². The number of piperazine rings is 1. The molecule has 138 valence electrons. The summed E-state index contributed by atoms with van der Waals surface area (Å²) in [5.74, 6) is -1.31. The smallest absolute Gasteiger partial charge is 0.312 e. The third-order valence-corrected chi connectivity index (χ3v) is 4.38. The minimum atomic E-state index is -0.601. The van der Waals surface area contributed by atoms with Crippen LogP contribution in [0, 0.1) is 6.92 Å². The lowest BCUT2D eigenvalue weighted by atomic mass is 10.2. The molecule has 1 saturated heterocycles. The normalized spacial score (nSPS) is 14.8. The Labute approximate surface area is 151 Å². The molecule has 1 aliphatic heterocycles. The Morgan fingerprint density at radius 1 is 1.08 bits per heavy atom. The molecule has 0 radical (unpaired) electrons. The standard InChI is InChI=1S/C18H23N5O3/c1-12(2)19-16(24)18(26)22-9-7-21(8-10-22)17(25)14-11-23-13(3)5-4-6-15(23)20-14/h4-6,11-12H,7-10H2,1-3H3,(H,19,24). The Morgan fingerprint density at radius 3 is 2.35 bits per heavy atom. The van der Waals surface area contributed by atoms with Crippen molar-refractivity contribution in [3.63, 3.8) is 0 Å². The fourth-order valence-corrected chi connectivity index (χ4v) is 2.99. The summed E-state index contributed by atoms with van der Waals surface area (Å²) in [5, 5.41) is 2.60. The van der Waals surface area contributed by atoms with E-state index in [2.05, 4.69) is 10.3 Å². The number of nitrogens with one attached hydrogen (secondary N) is 1. The number of nitrogens with zero attached hydrogens (tertiary/aromatic N) is 4. The van der Waals surface area contributed by atoms with E-state index in [1.807, 2.05) is 29.5 Å². The van der Waals surface area contributed by atoms with E-state index >= 15 is 0 Å². The van der Waals surface area contributed by atoms with Gasteiger partial charge < -0.3 is 19.5 Å². The van der Waals surface area contributed by atoms with Crippen molar-refractivity contribution in [3.8, 4) is 0 Å². The van der Waals surface area contributed by atoms with Crippen molar-refractivity contribution in [1.29, 1.82) is 0 Å². The molecule has 0 unspecified atom stereocenters. The molecule has 0 aromatic carbocycles. The van der Waals surface area contributed by atoms with Crippen LogP contribution in [-0.2, 0) is 9.59 Å². The number of aromatic nitrogens is 2. The second-order valence-electron chi connectivity index (χ2n) is 6.73. The highest BCUT2D eigenvalue weighted by Crippen LogP contribution is 2.12. The second kappa shape index (κ2) is 7.15. The van der Waals surface area contributed by atoms with Crippen LogP contribution in [0.4, 0.5) is 0 Å². The maximum Gasteiger partial charge on any atom is 0.312 e. The van der Waals surface area contributed by atoms with E-state index in [1.54, 1.807) is 24.9 Å². The lowest BCUT2D eigenvalue weighted by Crippen LogP contribution is -2.54. The molecule has 0 saturated carbocycles. The van der Waals surface area contributed by atoms with Gasteiger partial charge in [0.25, 0.3) is 5.91 Å². The van der Waals surface area contributed by atoms with Gasteiger partial charge in [-0.15, -0.1) is 0 Å². The summed E-state index contributed by atoms with van der Waals surface area (Å²) in [6.45, 7) is 7.00. The van der Waals surface area contributed by atoms with Crippen LogP contribution in [-0.4, -0.2) is 69.1 Å². The van der Waals surface area contributed by atoms with Gasteiger partial charge >= 0.3 is 11.8 Å². The van der Waals surface area contributed by atoms with Gasteiger partial charge in [-0.05, 0) is 32.9 Å². The van der Waals surface area contributed by atoms with Gasteiger partial charge in [-0.2, -0.15) is 0 Å². The molecule has 1 N–H and O–H groups in total. The first-order valence-electron chi connectivity index (χ1n) is 8.70. The zero-order chi connectivity index (χ0) is 18.8. The van der Waals surface area contributed by atoms with Gasteiger partial charge in [0.15, 0.2) is 0 Å². The summed E-state index contributed by atoms with van der Waals surface area (Å²) in [5.41, 5.74) is 2.12. The SMILES string of the molecule is Cc1cccc2nc(C(=O)N3CCN(C(=O)C(=O)NC(C)C)CC3)cn12. The van der Waals surface area contributed by atoms with Gasteiger partial charge in [0.05, 0.1) is 0 Å². The molecule has 2 aromatic heterocycles. The average Bonchev–Trinajstić information content (AvgIpc) is 3.05. The molecule has 3 amide bonds. The van der Waals surface area contributed by atoms with E-state index in [0.29, 0.717) is 31.9 Å². The number of hydrogen-bond acceptors (Lipinski definition) is 4. The summed E-state index contributed by atoms with van der Waals surface area (Å²) < 4.78 is 1.88. The molecular formula is C18H23N5O3. The fraction of sp³-hybridized carbons (Fsp3) is 0.444. The van der Waals surface area contributed by atoms with Gasteiger partial charge in [-0.1, -0.05) is 6.07 Å². The Kier molecular flexibility index (Phi) is 4.92. The number of carbonyl (C=O) groups excluding carboxylic acids is 3. The largest absolute Gasteiger partial charge is 0.346 e. The number of amides is 3. The van der Waals surface area contributed by atoms with E-state index in [0.717, 1.165) is 11.3 Å². The summed E-state index contributed by atoms with van der Waals surface area (Å²) >= 11 is 0. The zero-order valence-electron chi connectivity index (χ0n) is 15.2. The summed E-state index contributed by atoms with van der Waals surface area (Å²) in [6.07, 6.45) is 1.74. The highest BCUT2D eigenvalue weighted by Gasteiger charge is 2.29. The third kappa shape index (κ3) is 3.54. The van der Waals surface area contributed by atoms with Crippen LogP contribution in [0.3, 0.4) is 0 Å². The van der Waals surface area contributed by atoms with Crippen molar-refractivity contribution in [3.05, 3.63) is 35.8 Å². The van der Waals surface area contributed by atoms with Gasteiger partial charge in [0.2, 0.25) is 0 Å². The van der Waals surface area contributed by atoms with E-state index in [9.17, 15) is 14.4 Å². The van der Waals surface area contributed by atoms with Crippen LogP contribution < -0.4 is 5.32 Å². The minimum absolute atomic E-state index is 0.0900. The number of carbonyl (C=O) groups is 3. The first-order valence-corrected chi connectivity index (χ1v) is 8.70. The number of fused-ring (bicyclic) bond motifs is 1. The van der Waals surface area contributed by atoms with Crippen LogP contribution >= 0.6 is 0 Å². The highest BCUT2D eigenvalue weighted by atomic mass is 16.2. The minimum Gasteiger partial charge on any atom is -0.346 e. The van der Waals surface area contributed by atoms with Gasteiger partial charge in [0, 0.05) is 44.1 Å². The summed E-state index contributed by atoms with van der Waals surface area (Å²) in [7, 11) is 0. The second-order valence-corrected chi connectivity index (χ2v) is 6.73.